The summed E-state index contributed by atoms with van der Waals surface area (Å²) in [5.41, 5.74) is 1.64. The third kappa shape index (κ3) is 4.47. The molecule has 0 saturated heterocycles. The summed E-state index contributed by atoms with van der Waals surface area (Å²) in [7, 11) is 0. The van der Waals surface area contributed by atoms with Crippen LogP contribution in [0, 0.1) is 10.1 Å². The quantitative estimate of drug-likeness (QED) is 0.439. The lowest BCUT2D eigenvalue weighted by Crippen LogP contribution is -2.01. The fraction of sp³-hybridized carbons (Fsp3) is 0.200. The van der Waals surface area contributed by atoms with E-state index in [-0.39, 0.29) is 10.6 Å². The summed E-state index contributed by atoms with van der Waals surface area (Å²) in [4.78, 5) is 11.9. The molecule has 0 aliphatic carbocycles. The summed E-state index contributed by atoms with van der Waals surface area (Å²) in [6, 6.07) is 13.4. The molecule has 0 fully saturated rings. The monoisotopic (exact) mass is 366 g/mol. The van der Waals surface area contributed by atoms with Crippen LogP contribution in [0.2, 0.25) is 0 Å². The van der Waals surface area contributed by atoms with Gasteiger partial charge in [0.1, 0.15) is 5.69 Å². The van der Waals surface area contributed by atoms with Gasteiger partial charge in [0.15, 0.2) is 0 Å². The first-order valence-corrected chi connectivity index (χ1v) is 8.27. The molecule has 2 rings (SSSR count). The zero-order valence-electron chi connectivity index (χ0n) is 11.5. The van der Waals surface area contributed by atoms with Crippen LogP contribution in [-0.2, 0) is 5.75 Å². The van der Waals surface area contributed by atoms with Crippen molar-refractivity contribution in [2.45, 2.75) is 17.6 Å². The average molecular weight is 367 g/mol. The Morgan fingerprint density at radius 3 is 2.57 bits per heavy atom. The lowest BCUT2D eigenvalue weighted by molar-refractivity contribution is -0.384. The number of hydrogen-bond donors (Lipinski definition) is 1. The number of rotatable bonds is 6. The Labute approximate surface area is 136 Å². The van der Waals surface area contributed by atoms with Crippen LogP contribution in [-0.4, -0.2) is 11.5 Å². The first-order chi connectivity index (χ1) is 10.1. The van der Waals surface area contributed by atoms with Gasteiger partial charge in [0.05, 0.1) is 4.92 Å². The lowest BCUT2D eigenvalue weighted by Gasteiger charge is -2.07. The number of benzene rings is 2. The van der Waals surface area contributed by atoms with E-state index in [1.54, 1.807) is 23.9 Å². The standard InChI is InChI=1S/C15H15BrN2O2S/c1-2-17-14-8-3-11(9-15(14)18(19)20)10-21-13-6-4-12(16)5-7-13/h3-9,17H,2,10H2,1H3. The number of nitro benzene ring substituents is 1. The number of anilines is 1. The molecule has 0 radical (unpaired) electrons. The molecule has 0 spiro atoms. The highest BCUT2D eigenvalue weighted by Crippen LogP contribution is 2.29. The van der Waals surface area contributed by atoms with E-state index in [2.05, 4.69) is 21.2 Å². The van der Waals surface area contributed by atoms with E-state index in [9.17, 15) is 10.1 Å². The molecule has 0 atom stereocenters. The maximum absolute atomic E-state index is 11.1. The molecule has 1 N–H and O–H groups in total. The zero-order valence-corrected chi connectivity index (χ0v) is 13.9. The van der Waals surface area contributed by atoms with E-state index in [1.807, 2.05) is 37.3 Å². The van der Waals surface area contributed by atoms with Crippen LogP contribution in [0.1, 0.15) is 12.5 Å². The SMILES string of the molecule is CCNc1ccc(CSc2ccc(Br)cc2)cc1[N+](=O)[O-]. The largest absolute Gasteiger partial charge is 0.380 e. The van der Waals surface area contributed by atoms with Crippen LogP contribution in [0.15, 0.2) is 51.8 Å². The van der Waals surface area contributed by atoms with Gasteiger partial charge in [0, 0.05) is 27.7 Å². The molecule has 2 aromatic rings. The van der Waals surface area contributed by atoms with Crippen LogP contribution >= 0.6 is 27.7 Å². The minimum absolute atomic E-state index is 0.130. The predicted octanol–water partition coefficient (Wildman–Crippen LogP) is 5.08. The minimum Gasteiger partial charge on any atom is -0.380 e. The van der Waals surface area contributed by atoms with Gasteiger partial charge >= 0.3 is 0 Å². The van der Waals surface area contributed by atoms with Gasteiger partial charge < -0.3 is 5.32 Å². The number of halogens is 1. The Kier molecular flexibility index (Phi) is 5.64. The van der Waals surface area contributed by atoms with Crippen molar-refractivity contribution in [1.29, 1.82) is 0 Å². The number of nitrogens with one attached hydrogen (secondary N) is 1. The molecule has 0 saturated carbocycles. The molecule has 0 aliphatic rings. The van der Waals surface area contributed by atoms with Crippen molar-refractivity contribution in [1.82, 2.24) is 0 Å². The van der Waals surface area contributed by atoms with Gasteiger partial charge in [-0.15, -0.1) is 11.8 Å². The maximum atomic E-state index is 11.1. The molecule has 6 heteroatoms. The van der Waals surface area contributed by atoms with Crippen molar-refractivity contribution < 1.29 is 4.92 Å². The Balaban J connectivity index is 2.11. The van der Waals surface area contributed by atoms with E-state index in [0.717, 1.165) is 14.9 Å². The molecule has 0 amide bonds. The van der Waals surface area contributed by atoms with Crippen molar-refractivity contribution in [3.8, 4) is 0 Å². The zero-order chi connectivity index (χ0) is 15.2. The summed E-state index contributed by atoms with van der Waals surface area (Å²) in [5, 5.41) is 14.1. The first kappa shape index (κ1) is 15.9. The first-order valence-electron chi connectivity index (χ1n) is 6.49. The lowest BCUT2D eigenvalue weighted by atomic mass is 10.2. The second-order valence-electron chi connectivity index (χ2n) is 4.38. The second kappa shape index (κ2) is 7.47. The van der Waals surface area contributed by atoms with Gasteiger partial charge in [-0.2, -0.15) is 0 Å². The normalized spacial score (nSPS) is 10.4. The molecule has 0 aromatic heterocycles. The highest BCUT2D eigenvalue weighted by atomic mass is 79.9. The fourth-order valence-corrected chi connectivity index (χ4v) is 2.96. The molecule has 21 heavy (non-hydrogen) atoms. The molecule has 2 aromatic carbocycles. The summed E-state index contributed by atoms with van der Waals surface area (Å²) in [6.45, 7) is 2.58. The Morgan fingerprint density at radius 2 is 1.95 bits per heavy atom. The van der Waals surface area contributed by atoms with E-state index in [1.165, 1.54) is 0 Å². The molecule has 4 nitrogen and oxygen atoms in total. The molecule has 0 bridgehead atoms. The molecular weight excluding hydrogens is 352 g/mol. The van der Waals surface area contributed by atoms with E-state index >= 15 is 0 Å². The average Bonchev–Trinajstić information content (AvgIpc) is 2.48. The summed E-state index contributed by atoms with van der Waals surface area (Å²) in [6.07, 6.45) is 0. The molecular formula is C15H15BrN2O2S. The van der Waals surface area contributed by atoms with Crippen molar-refractivity contribution in [3.63, 3.8) is 0 Å². The smallest absolute Gasteiger partial charge is 0.292 e. The van der Waals surface area contributed by atoms with Gasteiger partial charge in [-0.3, -0.25) is 10.1 Å². The predicted molar refractivity (Wildman–Crippen MR) is 91.0 cm³/mol. The van der Waals surface area contributed by atoms with Crippen LogP contribution in [0.3, 0.4) is 0 Å². The highest BCUT2D eigenvalue weighted by Gasteiger charge is 2.13. The molecule has 0 heterocycles. The number of nitrogens with zero attached hydrogens (tertiary/aromatic N) is 1. The van der Waals surface area contributed by atoms with Gasteiger partial charge in [-0.25, -0.2) is 0 Å². The van der Waals surface area contributed by atoms with Gasteiger partial charge in [0.2, 0.25) is 0 Å². The number of hydrogen-bond acceptors (Lipinski definition) is 4. The van der Waals surface area contributed by atoms with Crippen molar-refractivity contribution in [2.75, 3.05) is 11.9 Å². The van der Waals surface area contributed by atoms with Gasteiger partial charge in [-0.05, 0) is 42.8 Å². The molecule has 110 valence electrons. The van der Waals surface area contributed by atoms with E-state index < -0.39 is 0 Å². The van der Waals surface area contributed by atoms with Crippen LogP contribution in [0.5, 0.6) is 0 Å². The summed E-state index contributed by atoms with van der Waals surface area (Å²) >= 11 is 5.06. The van der Waals surface area contributed by atoms with Crippen LogP contribution in [0.25, 0.3) is 0 Å². The number of thioether (sulfide) groups is 1. The van der Waals surface area contributed by atoms with E-state index in [4.69, 9.17) is 0 Å². The maximum Gasteiger partial charge on any atom is 0.292 e. The molecule has 0 unspecified atom stereocenters. The molecule has 0 aliphatic heterocycles. The van der Waals surface area contributed by atoms with Crippen molar-refractivity contribution in [2.24, 2.45) is 0 Å². The third-order valence-electron chi connectivity index (χ3n) is 2.85. The number of nitro groups is 1. The van der Waals surface area contributed by atoms with Crippen LogP contribution < -0.4 is 5.32 Å². The second-order valence-corrected chi connectivity index (χ2v) is 6.35. The van der Waals surface area contributed by atoms with Gasteiger partial charge in [-0.1, -0.05) is 22.0 Å². The Bertz CT molecular complexity index is 632. The summed E-state index contributed by atoms with van der Waals surface area (Å²) in [5.74, 6) is 0.703. The minimum atomic E-state index is -0.341. The topological polar surface area (TPSA) is 55.2 Å². The Hall–Kier alpha value is -1.53. The van der Waals surface area contributed by atoms with Gasteiger partial charge in [0.25, 0.3) is 5.69 Å². The fourth-order valence-electron chi connectivity index (χ4n) is 1.86. The third-order valence-corrected chi connectivity index (χ3v) is 4.46. The van der Waals surface area contributed by atoms with Crippen molar-refractivity contribution >= 4 is 39.1 Å². The van der Waals surface area contributed by atoms with Crippen LogP contribution in [0.4, 0.5) is 11.4 Å². The Morgan fingerprint density at radius 1 is 1.24 bits per heavy atom. The highest BCUT2D eigenvalue weighted by molar-refractivity contribution is 9.10. The summed E-state index contributed by atoms with van der Waals surface area (Å²) < 4.78 is 1.04. The van der Waals surface area contributed by atoms with Crippen molar-refractivity contribution in [3.05, 3.63) is 62.6 Å². The van der Waals surface area contributed by atoms with E-state index in [0.29, 0.717) is 18.0 Å².